The Morgan fingerprint density at radius 3 is 2.48 bits per heavy atom. The van der Waals surface area contributed by atoms with Crippen LogP contribution >= 0.6 is 0 Å². The van der Waals surface area contributed by atoms with Crippen LogP contribution in [0.15, 0.2) is 42.5 Å². The largest absolute Gasteiger partial charge is 0.375 e. The van der Waals surface area contributed by atoms with Gasteiger partial charge in [0.1, 0.15) is 11.5 Å². The molecule has 0 saturated carbocycles. The minimum absolute atomic E-state index is 0.0329. The molecule has 2 rings (SSSR count). The summed E-state index contributed by atoms with van der Waals surface area (Å²) in [7, 11) is 0. The molecule has 0 aliphatic carbocycles. The van der Waals surface area contributed by atoms with Crippen LogP contribution < -0.4 is 16.0 Å². The zero-order valence-electron chi connectivity index (χ0n) is 13.9. The molecule has 2 amide bonds. The zero-order chi connectivity index (χ0) is 18.4. The lowest BCUT2D eigenvalue weighted by Crippen LogP contribution is -2.34. The molecule has 0 aromatic heterocycles. The second kappa shape index (κ2) is 8.09. The van der Waals surface area contributed by atoms with Crippen LogP contribution in [0.4, 0.5) is 26.2 Å². The number of hydrogen-bond acceptors (Lipinski definition) is 4. The smallest absolute Gasteiger partial charge is 0.319 e. The van der Waals surface area contributed by atoms with Gasteiger partial charge in [-0.1, -0.05) is 12.1 Å². The maximum Gasteiger partial charge on any atom is 0.319 e. The van der Waals surface area contributed by atoms with Gasteiger partial charge in [-0.25, -0.2) is 9.18 Å². The number of amides is 2. The van der Waals surface area contributed by atoms with E-state index in [0.29, 0.717) is 5.69 Å². The molecule has 2 aromatic rings. The Morgan fingerprint density at radius 2 is 1.88 bits per heavy atom. The van der Waals surface area contributed by atoms with Gasteiger partial charge >= 0.3 is 6.03 Å². The van der Waals surface area contributed by atoms with Gasteiger partial charge in [-0.2, -0.15) is 0 Å². The molecule has 7 nitrogen and oxygen atoms in total. The van der Waals surface area contributed by atoms with E-state index in [2.05, 4.69) is 16.0 Å². The Kier molecular flexibility index (Phi) is 5.89. The van der Waals surface area contributed by atoms with E-state index in [1.54, 1.807) is 24.3 Å². The lowest BCUT2D eigenvalue weighted by molar-refractivity contribution is -0.384. The fourth-order valence-electron chi connectivity index (χ4n) is 2.14. The summed E-state index contributed by atoms with van der Waals surface area (Å²) < 4.78 is 13.3. The molecule has 3 N–H and O–H groups in total. The van der Waals surface area contributed by atoms with Crippen LogP contribution in [0.25, 0.3) is 0 Å². The third kappa shape index (κ3) is 5.45. The molecule has 0 atom stereocenters. The molecule has 0 fully saturated rings. The third-order valence-corrected chi connectivity index (χ3v) is 3.27. The van der Waals surface area contributed by atoms with Gasteiger partial charge in [0.05, 0.1) is 4.92 Å². The highest BCUT2D eigenvalue weighted by Gasteiger charge is 2.14. The number of nitro benzene ring substituents is 1. The number of benzene rings is 2. The second-order valence-corrected chi connectivity index (χ2v) is 5.72. The quantitative estimate of drug-likeness (QED) is 0.546. The number of carbonyl (C=O) groups excluding carboxylic acids is 1. The normalized spacial score (nSPS) is 10.4. The van der Waals surface area contributed by atoms with Crippen molar-refractivity contribution in [1.82, 2.24) is 5.32 Å². The summed E-state index contributed by atoms with van der Waals surface area (Å²) in [5.41, 5.74) is 1.38. The monoisotopic (exact) mass is 346 g/mol. The van der Waals surface area contributed by atoms with Crippen molar-refractivity contribution >= 4 is 23.1 Å². The first kappa shape index (κ1) is 18.2. The first-order valence-electron chi connectivity index (χ1n) is 7.69. The van der Waals surface area contributed by atoms with Gasteiger partial charge in [0.15, 0.2) is 0 Å². The molecular formula is C17H19FN4O3. The van der Waals surface area contributed by atoms with E-state index in [9.17, 15) is 19.3 Å². The molecular weight excluding hydrogens is 327 g/mol. The highest BCUT2D eigenvalue weighted by atomic mass is 19.1. The number of carbonyl (C=O) groups is 1. The molecule has 0 bridgehead atoms. The van der Waals surface area contributed by atoms with E-state index in [4.69, 9.17) is 0 Å². The minimum atomic E-state index is -0.567. The summed E-state index contributed by atoms with van der Waals surface area (Å²) in [5, 5.41) is 19.2. The molecule has 0 radical (unpaired) electrons. The van der Waals surface area contributed by atoms with E-state index >= 15 is 0 Å². The van der Waals surface area contributed by atoms with Crippen LogP contribution in [0.3, 0.4) is 0 Å². The van der Waals surface area contributed by atoms with Crippen LogP contribution in [0.5, 0.6) is 0 Å². The van der Waals surface area contributed by atoms with Crippen molar-refractivity contribution in [1.29, 1.82) is 0 Å². The fraction of sp³-hybridized carbons (Fsp3) is 0.235. The predicted octanol–water partition coefficient (Wildman–Crippen LogP) is 3.88. The van der Waals surface area contributed by atoms with Crippen molar-refractivity contribution in [2.24, 2.45) is 0 Å². The Bertz CT molecular complexity index is 763. The maximum atomic E-state index is 13.3. The number of anilines is 2. The third-order valence-electron chi connectivity index (χ3n) is 3.27. The first-order chi connectivity index (χ1) is 11.8. The van der Waals surface area contributed by atoms with E-state index < -0.39 is 10.7 Å². The SMILES string of the molecule is CC(C)NC(=O)Nc1ccc(CNc2cc(F)ccc2[N+](=O)[O-])cc1. The Labute approximate surface area is 144 Å². The zero-order valence-corrected chi connectivity index (χ0v) is 13.9. The molecule has 0 aliphatic rings. The van der Waals surface area contributed by atoms with Gasteiger partial charge in [-0.15, -0.1) is 0 Å². The second-order valence-electron chi connectivity index (χ2n) is 5.72. The summed E-state index contributed by atoms with van der Waals surface area (Å²) >= 11 is 0. The number of rotatable bonds is 6. The molecule has 25 heavy (non-hydrogen) atoms. The van der Waals surface area contributed by atoms with Crippen LogP contribution in [-0.4, -0.2) is 17.0 Å². The van der Waals surface area contributed by atoms with Crippen LogP contribution in [-0.2, 0) is 6.54 Å². The van der Waals surface area contributed by atoms with Crippen LogP contribution in [0.1, 0.15) is 19.4 Å². The molecule has 8 heteroatoms. The Morgan fingerprint density at radius 1 is 1.20 bits per heavy atom. The van der Waals surface area contributed by atoms with E-state index in [-0.39, 0.29) is 30.0 Å². The average molecular weight is 346 g/mol. The van der Waals surface area contributed by atoms with E-state index in [0.717, 1.165) is 23.8 Å². The Hall–Kier alpha value is -3.16. The molecule has 2 aromatic carbocycles. The highest BCUT2D eigenvalue weighted by Crippen LogP contribution is 2.25. The average Bonchev–Trinajstić information content (AvgIpc) is 2.53. The minimum Gasteiger partial charge on any atom is -0.375 e. The summed E-state index contributed by atoms with van der Waals surface area (Å²) in [6.45, 7) is 4.00. The van der Waals surface area contributed by atoms with Gasteiger partial charge in [0.25, 0.3) is 5.69 Å². The van der Waals surface area contributed by atoms with Crippen molar-refractivity contribution in [3.05, 3.63) is 64.0 Å². The van der Waals surface area contributed by atoms with Crippen molar-refractivity contribution in [2.45, 2.75) is 26.4 Å². The number of nitro groups is 1. The Balaban J connectivity index is 1.99. The van der Waals surface area contributed by atoms with Gasteiger partial charge in [0, 0.05) is 30.4 Å². The lowest BCUT2D eigenvalue weighted by Gasteiger charge is -2.11. The molecule has 0 spiro atoms. The molecule has 0 heterocycles. The van der Waals surface area contributed by atoms with Crippen molar-refractivity contribution in [2.75, 3.05) is 10.6 Å². The van der Waals surface area contributed by atoms with Crippen LogP contribution in [0, 0.1) is 15.9 Å². The summed E-state index contributed by atoms with van der Waals surface area (Å²) in [6.07, 6.45) is 0. The molecule has 0 aliphatic heterocycles. The number of nitrogens with one attached hydrogen (secondary N) is 3. The number of halogens is 1. The van der Waals surface area contributed by atoms with Crippen molar-refractivity contribution < 1.29 is 14.1 Å². The van der Waals surface area contributed by atoms with Crippen LogP contribution in [0.2, 0.25) is 0 Å². The van der Waals surface area contributed by atoms with Gasteiger partial charge in [-0.05, 0) is 37.6 Å². The summed E-state index contributed by atoms with van der Waals surface area (Å²) in [6, 6.07) is 9.97. The van der Waals surface area contributed by atoms with Crippen molar-refractivity contribution in [3.63, 3.8) is 0 Å². The fourth-order valence-corrected chi connectivity index (χ4v) is 2.14. The molecule has 0 unspecified atom stereocenters. The van der Waals surface area contributed by atoms with Gasteiger partial charge < -0.3 is 16.0 Å². The number of nitrogens with zero attached hydrogens (tertiary/aromatic N) is 1. The standard InChI is InChI=1S/C17H19FN4O3/c1-11(2)20-17(23)21-14-6-3-12(4-7-14)10-19-15-9-13(18)5-8-16(15)22(24)25/h3-9,11,19H,10H2,1-2H3,(H2,20,21,23). The molecule has 132 valence electrons. The predicted molar refractivity (Wildman–Crippen MR) is 94.1 cm³/mol. The lowest BCUT2D eigenvalue weighted by atomic mass is 10.2. The number of hydrogen-bond donors (Lipinski definition) is 3. The first-order valence-corrected chi connectivity index (χ1v) is 7.69. The van der Waals surface area contributed by atoms with Gasteiger partial charge in [-0.3, -0.25) is 10.1 Å². The topological polar surface area (TPSA) is 96.3 Å². The van der Waals surface area contributed by atoms with Crippen molar-refractivity contribution in [3.8, 4) is 0 Å². The number of urea groups is 1. The van der Waals surface area contributed by atoms with E-state index in [1.165, 1.54) is 0 Å². The summed E-state index contributed by atoms with van der Waals surface area (Å²) in [4.78, 5) is 22.0. The highest BCUT2D eigenvalue weighted by molar-refractivity contribution is 5.89. The van der Waals surface area contributed by atoms with Gasteiger partial charge in [0.2, 0.25) is 0 Å². The summed E-state index contributed by atoms with van der Waals surface area (Å²) in [5.74, 6) is -0.552. The maximum absolute atomic E-state index is 13.3. The van der Waals surface area contributed by atoms with E-state index in [1.807, 2.05) is 13.8 Å². The molecule has 0 saturated heterocycles.